The van der Waals surface area contributed by atoms with Crippen LogP contribution in [0.25, 0.3) is 0 Å². The van der Waals surface area contributed by atoms with Crippen molar-refractivity contribution in [3.05, 3.63) is 171 Å². The smallest absolute Gasteiger partial charge is 0.219 e. The molecule has 0 fully saturated rings. The van der Waals surface area contributed by atoms with Crippen molar-refractivity contribution in [3.63, 3.8) is 0 Å². The van der Waals surface area contributed by atoms with E-state index < -0.39 is 8.95 Å². The maximum Gasteiger partial charge on any atom is 0.219 e. The molecule has 1 atom stereocenters. The van der Waals surface area contributed by atoms with Gasteiger partial charge in [0.05, 0.1) is 10.4 Å². The summed E-state index contributed by atoms with van der Waals surface area (Å²) in [5.74, 6) is -0.0687. The molecule has 5 aromatic carbocycles. The molecule has 0 radical (unpaired) electrons. The number of aryl methyl sites for hydroxylation is 2. The fourth-order valence-corrected chi connectivity index (χ4v) is 9.64. The van der Waals surface area contributed by atoms with Crippen LogP contribution in [0.3, 0.4) is 0 Å². The monoisotopic (exact) mass is 646 g/mol. The molecule has 0 aromatic heterocycles. The number of Topliss-reactive ketones (excluding diaryl/α,β-unsaturated/α-hetero) is 1. The molecule has 7 rings (SSSR count). The Balaban J connectivity index is 1.48. The van der Waals surface area contributed by atoms with E-state index in [0.717, 1.165) is 15.7 Å². The molecule has 0 saturated carbocycles. The minimum absolute atomic E-state index is 0.0687. The molecule has 1 spiro atoms. The lowest BCUT2D eigenvalue weighted by Gasteiger charge is -2.37. The molecule has 0 bridgehead atoms. The van der Waals surface area contributed by atoms with Gasteiger partial charge in [0.1, 0.15) is 0 Å². The van der Waals surface area contributed by atoms with E-state index in [4.69, 9.17) is 5.10 Å². The molecule has 6 heteroatoms. The number of hydrazone groups is 1. The molecule has 0 N–H and O–H groups in total. The van der Waals surface area contributed by atoms with Crippen LogP contribution in [0.5, 0.6) is 0 Å². The lowest BCUT2D eigenvalue weighted by atomic mass is 9.81. The lowest BCUT2D eigenvalue weighted by molar-refractivity contribution is 0.106. The fourth-order valence-electron chi connectivity index (χ4n) is 5.75. The molecule has 2 aliphatic heterocycles. The third kappa shape index (κ3) is 4.36. The number of ketones is 1. The summed E-state index contributed by atoms with van der Waals surface area (Å²) in [6.45, 7) is 4.24. The van der Waals surface area contributed by atoms with Gasteiger partial charge in [-0.15, -0.1) is 0 Å². The second-order valence-corrected chi connectivity index (χ2v) is 14.4. The van der Waals surface area contributed by atoms with Crippen molar-refractivity contribution >= 4 is 56.0 Å². The Kier molecular flexibility index (Phi) is 6.88. The highest BCUT2D eigenvalue weighted by Gasteiger charge is 2.61. The van der Waals surface area contributed by atoms with Crippen LogP contribution in [0, 0.1) is 13.8 Å². The van der Waals surface area contributed by atoms with Gasteiger partial charge in [-0.2, -0.15) is 5.10 Å². The summed E-state index contributed by atoms with van der Waals surface area (Å²) in [5, 5.41) is 7.65. The van der Waals surface area contributed by atoms with Crippen LogP contribution in [0.15, 0.2) is 137 Å². The molecule has 3 nitrogen and oxygen atoms in total. The number of anilines is 1. The number of carbonyl (C=O) groups is 1. The van der Waals surface area contributed by atoms with Crippen LogP contribution in [0.2, 0.25) is 0 Å². The topological polar surface area (TPSA) is 32.7 Å². The van der Waals surface area contributed by atoms with Gasteiger partial charge in [0.25, 0.3) is 0 Å². The van der Waals surface area contributed by atoms with Crippen molar-refractivity contribution < 1.29 is 4.79 Å². The summed E-state index contributed by atoms with van der Waals surface area (Å²) in [7, 11) is 0. The minimum atomic E-state index is -0.722. The van der Waals surface area contributed by atoms with E-state index in [-0.39, 0.29) is 5.78 Å². The first-order valence-corrected chi connectivity index (χ1v) is 16.2. The summed E-state index contributed by atoms with van der Waals surface area (Å²) in [6.07, 6.45) is 0. The van der Waals surface area contributed by atoms with Gasteiger partial charge in [0, 0.05) is 15.6 Å². The summed E-state index contributed by atoms with van der Waals surface area (Å²) >= 11 is 6.99. The molecule has 5 aromatic rings. The van der Waals surface area contributed by atoms with Gasteiger partial charge in [0.2, 0.25) is 5.78 Å². The zero-order valence-electron chi connectivity index (χ0n) is 23.1. The van der Waals surface area contributed by atoms with Crippen LogP contribution in [-0.4, -0.2) is 10.8 Å². The molecular formula is C36H27BrN2OS2. The van der Waals surface area contributed by atoms with E-state index in [2.05, 4.69) is 120 Å². The predicted octanol–water partition coefficient (Wildman–Crippen LogP) is 9.66. The first-order valence-electron chi connectivity index (χ1n) is 13.8. The van der Waals surface area contributed by atoms with Gasteiger partial charge in [-0.25, -0.2) is 5.01 Å². The van der Waals surface area contributed by atoms with E-state index in [9.17, 15) is 4.79 Å². The SMILES string of the molecule is Cc1ccc(C2(c3ccc(C)cc3)S[C@@]3(SC(C(=O)c4ccccc4)=NN3c3ccc(Br)cc3)c3ccccc32)cc1. The van der Waals surface area contributed by atoms with E-state index >= 15 is 0 Å². The summed E-state index contributed by atoms with van der Waals surface area (Å²) in [5.41, 5.74) is 8.74. The zero-order chi connectivity index (χ0) is 28.9. The Morgan fingerprint density at radius 3 is 1.83 bits per heavy atom. The standard InChI is InChI=1S/C36H27BrN2OS2/c1-24-12-16-27(17-13-24)35(28-18-14-25(2)15-19-28)31-10-6-7-11-32(31)36(42-35)39(30-22-20-29(37)21-23-30)38-34(41-36)33(40)26-8-4-3-5-9-26/h3-23H,1-2H3/t36-/m0/s1. The third-order valence-electron chi connectivity index (χ3n) is 7.86. The van der Waals surface area contributed by atoms with E-state index in [1.807, 2.05) is 54.2 Å². The highest BCUT2D eigenvalue weighted by molar-refractivity contribution is 9.10. The van der Waals surface area contributed by atoms with Crippen LogP contribution in [-0.2, 0) is 8.95 Å². The molecule has 0 amide bonds. The molecular weight excluding hydrogens is 620 g/mol. The Morgan fingerprint density at radius 2 is 1.24 bits per heavy atom. The highest BCUT2D eigenvalue weighted by Crippen LogP contribution is 2.71. The first kappa shape index (κ1) is 27.3. The first-order chi connectivity index (χ1) is 20.4. The van der Waals surface area contributed by atoms with Gasteiger partial charge >= 0.3 is 0 Å². The molecule has 42 heavy (non-hydrogen) atoms. The number of fused-ring (bicyclic) bond motifs is 2. The second-order valence-electron chi connectivity index (χ2n) is 10.6. The molecule has 2 heterocycles. The quantitative estimate of drug-likeness (QED) is 0.178. The van der Waals surface area contributed by atoms with Crippen LogP contribution in [0.1, 0.15) is 43.7 Å². The van der Waals surface area contributed by atoms with E-state index in [1.165, 1.54) is 27.8 Å². The number of benzene rings is 5. The lowest BCUT2D eigenvalue weighted by Crippen LogP contribution is -2.34. The third-order valence-corrected chi connectivity index (χ3v) is 11.7. The van der Waals surface area contributed by atoms with Gasteiger partial charge in [-0.1, -0.05) is 154 Å². The molecule has 0 aliphatic carbocycles. The predicted molar refractivity (Wildman–Crippen MR) is 180 cm³/mol. The van der Waals surface area contributed by atoms with Gasteiger partial charge < -0.3 is 0 Å². The Morgan fingerprint density at radius 1 is 0.690 bits per heavy atom. The number of nitrogens with zero attached hydrogens (tertiary/aromatic N) is 2. The van der Waals surface area contributed by atoms with Crippen LogP contribution in [0.4, 0.5) is 5.69 Å². The summed E-state index contributed by atoms with van der Waals surface area (Å²) < 4.78 is -0.260. The fraction of sp³-hybridized carbons (Fsp3) is 0.111. The number of thioether (sulfide) groups is 2. The summed E-state index contributed by atoms with van der Waals surface area (Å²) in [6, 6.07) is 44.0. The normalized spacial score (nSPS) is 18.6. The van der Waals surface area contributed by atoms with Gasteiger partial charge in [0.15, 0.2) is 9.25 Å². The van der Waals surface area contributed by atoms with Crippen LogP contribution < -0.4 is 5.01 Å². The van der Waals surface area contributed by atoms with Crippen LogP contribution >= 0.6 is 39.5 Å². The average Bonchev–Trinajstić information content (AvgIpc) is 3.55. The second kappa shape index (κ2) is 10.6. The van der Waals surface area contributed by atoms with Crippen molar-refractivity contribution in [2.45, 2.75) is 22.8 Å². The van der Waals surface area contributed by atoms with E-state index in [0.29, 0.717) is 10.6 Å². The van der Waals surface area contributed by atoms with E-state index in [1.54, 1.807) is 11.8 Å². The van der Waals surface area contributed by atoms with Crippen molar-refractivity contribution in [3.8, 4) is 0 Å². The molecule has 2 aliphatic rings. The Bertz CT molecular complexity index is 1770. The maximum atomic E-state index is 13.9. The van der Waals surface area contributed by atoms with Crippen molar-refractivity contribution in [1.82, 2.24) is 0 Å². The number of carbonyl (C=O) groups excluding carboxylic acids is 1. The molecule has 206 valence electrons. The largest absolute Gasteiger partial charge is 0.286 e. The zero-order valence-corrected chi connectivity index (χ0v) is 26.3. The summed E-state index contributed by atoms with van der Waals surface area (Å²) in [4.78, 5) is 13.9. The van der Waals surface area contributed by atoms with Crippen molar-refractivity contribution in [1.29, 1.82) is 0 Å². The van der Waals surface area contributed by atoms with Crippen molar-refractivity contribution in [2.75, 3.05) is 5.01 Å². The molecule has 0 unspecified atom stereocenters. The Labute approximate surface area is 263 Å². The minimum Gasteiger partial charge on any atom is -0.286 e. The van der Waals surface area contributed by atoms with Gasteiger partial charge in [-0.05, 0) is 54.8 Å². The number of rotatable bonds is 5. The van der Waals surface area contributed by atoms with Gasteiger partial charge in [-0.3, -0.25) is 4.79 Å². The average molecular weight is 648 g/mol. The Hall–Kier alpha value is -3.58. The van der Waals surface area contributed by atoms with Crippen molar-refractivity contribution in [2.24, 2.45) is 5.10 Å². The number of halogens is 1. The number of hydrogen-bond acceptors (Lipinski definition) is 5. The molecule has 0 saturated heterocycles. The highest BCUT2D eigenvalue weighted by atomic mass is 79.9. The number of hydrogen-bond donors (Lipinski definition) is 0. The maximum absolute atomic E-state index is 13.9.